The summed E-state index contributed by atoms with van der Waals surface area (Å²) in [6, 6.07) is 7.95. The number of hydrogen-bond donors (Lipinski definition) is 3. The van der Waals surface area contributed by atoms with Crippen molar-refractivity contribution in [2.24, 2.45) is 5.92 Å². The first-order chi connectivity index (χ1) is 14.7. The molecule has 3 aromatic rings. The monoisotopic (exact) mass is 421 g/mol. The summed E-state index contributed by atoms with van der Waals surface area (Å²) in [5, 5.41) is 10.2. The van der Waals surface area contributed by atoms with Crippen LogP contribution in [0.4, 0.5) is 5.13 Å². The van der Waals surface area contributed by atoms with Crippen LogP contribution in [-0.4, -0.2) is 40.1 Å². The molecule has 2 aromatic heterocycles. The quantitative estimate of drug-likeness (QED) is 0.585. The third-order valence-corrected chi connectivity index (χ3v) is 6.04. The SMILES string of the molecule is CC1C=c2[nH]c(-c3cccc(OC4CCNC4)c3)nc2=C(C(=O)Nc2nccs2)C1. The summed E-state index contributed by atoms with van der Waals surface area (Å²) in [4.78, 5) is 25.2. The normalized spacial score (nSPS) is 20.5. The number of carbonyl (C=O) groups excluding carboxylic acids is 1. The first-order valence-electron chi connectivity index (χ1n) is 10.2. The molecule has 0 bridgehead atoms. The van der Waals surface area contributed by atoms with E-state index in [4.69, 9.17) is 9.72 Å². The number of carbonyl (C=O) groups is 1. The molecule has 0 saturated carbocycles. The van der Waals surface area contributed by atoms with Gasteiger partial charge in [0.2, 0.25) is 0 Å². The molecule has 1 saturated heterocycles. The maximum atomic E-state index is 12.9. The average Bonchev–Trinajstić information content (AvgIpc) is 3.49. The smallest absolute Gasteiger partial charge is 0.255 e. The number of H-pyrrole nitrogens is 1. The number of rotatable bonds is 5. The van der Waals surface area contributed by atoms with E-state index < -0.39 is 0 Å². The summed E-state index contributed by atoms with van der Waals surface area (Å²) in [7, 11) is 0. The molecule has 30 heavy (non-hydrogen) atoms. The van der Waals surface area contributed by atoms with Gasteiger partial charge in [0, 0.05) is 29.3 Å². The van der Waals surface area contributed by atoms with Gasteiger partial charge in [-0.05, 0) is 37.4 Å². The Kier molecular flexibility index (Phi) is 5.10. The number of amides is 1. The van der Waals surface area contributed by atoms with Crippen molar-refractivity contribution in [3.05, 3.63) is 46.5 Å². The van der Waals surface area contributed by atoms with Crippen LogP contribution in [0.5, 0.6) is 5.75 Å². The highest BCUT2D eigenvalue weighted by molar-refractivity contribution is 7.13. The molecule has 2 aliphatic rings. The van der Waals surface area contributed by atoms with Crippen molar-refractivity contribution in [1.29, 1.82) is 0 Å². The van der Waals surface area contributed by atoms with Gasteiger partial charge in [-0.15, -0.1) is 11.3 Å². The minimum atomic E-state index is -0.144. The average molecular weight is 422 g/mol. The molecule has 1 aliphatic carbocycles. The van der Waals surface area contributed by atoms with Gasteiger partial charge in [0.05, 0.1) is 10.7 Å². The summed E-state index contributed by atoms with van der Waals surface area (Å²) in [5.74, 6) is 1.67. The highest BCUT2D eigenvalue weighted by Gasteiger charge is 2.21. The molecule has 0 spiro atoms. The van der Waals surface area contributed by atoms with E-state index in [-0.39, 0.29) is 17.9 Å². The fourth-order valence-electron chi connectivity index (χ4n) is 3.93. The molecule has 1 aliphatic heterocycles. The Balaban J connectivity index is 1.49. The summed E-state index contributed by atoms with van der Waals surface area (Å²) in [6.07, 6.45) is 5.67. The van der Waals surface area contributed by atoms with E-state index in [0.717, 1.165) is 42.0 Å². The largest absolute Gasteiger partial charge is 0.489 e. The van der Waals surface area contributed by atoms with Gasteiger partial charge < -0.3 is 15.0 Å². The highest BCUT2D eigenvalue weighted by Crippen LogP contribution is 2.23. The van der Waals surface area contributed by atoms with E-state index in [0.29, 0.717) is 22.5 Å². The lowest BCUT2D eigenvalue weighted by Gasteiger charge is -2.12. The Labute approximate surface area is 177 Å². The van der Waals surface area contributed by atoms with Crippen LogP contribution in [-0.2, 0) is 4.79 Å². The van der Waals surface area contributed by atoms with E-state index in [1.165, 1.54) is 11.3 Å². The topological polar surface area (TPSA) is 91.9 Å². The molecule has 5 rings (SSSR count). The van der Waals surface area contributed by atoms with Gasteiger partial charge in [0.15, 0.2) is 5.13 Å². The summed E-state index contributed by atoms with van der Waals surface area (Å²) < 4.78 is 6.09. The second-order valence-electron chi connectivity index (χ2n) is 7.73. The van der Waals surface area contributed by atoms with Crippen molar-refractivity contribution in [1.82, 2.24) is 20.3 Å². The van der Waals surface area contributed by atoms with Gasteiger partial charge in [-0.1, -0.05) is 25.1 Å². The number of aromatic amines is 1. The fraction of sp³-hybridized carbons (Fsp3) is 0.318. The Hall–Kier alpha value is -2.97. The number of nitrogens with one attached hydrogen (secondary N) is 3. The van der Waals surface area contributed by atoms with Gasteiger partial charge in [-0.2, -0.15) is 0 Å². The minimum Gasteiger partial charge on any atom is -0.489 e. The van der Waals surface area contributed by atoms with Gasteiger partial charge in [-0.3, -0.25) is 10.1 Å². The second kappa shape index (κ2) is 8.04. The lowest BCUT2D eigenvalue weighted by molar-refractivity contribution is -0.111. The van der Waals surface area contributed by atoms with Crippen LogP contribution >= 0.6 is 11.3 Å². The number of fused-ring (bicyclic) bond motifs is 1. The van der Waals surface area contributed by atoms with Gasteiger partial charge in [0.1, 0.15) is 17.7 Å². The maximum Gasteiger partial charge on any atom is 0.255 e. The van der Waals surface area contributed by atoms with E-state index in [1.54, 1.807) is 6.20 Å². The molecule has 8 heteroatoms. The number of imidazole rings is 1. The number of aromatic nitrogens is 3. The highest BCUT2D eigenvalue weighted by atomic mass is 32.1. The molecule has 2 atom stereocenters. The lowest BCUT2D eigenvalue weighted by atomic mass is 9.96. The summed E-state index contributed by atoms with van der Waals surface area (Å²) >= 11 is 1.40. The van der Waals surface area contributed by atoms with Crippen LogP contribution in [0.25, 0.3) is 23.0 Å². The van der Waals surface area contributed by atoms with Crippen LogP contribution in [0.1, 0.15) is 19.8 Å². The number of nitrogens with zero attached hydrogens (tertiary/aromatic N) is 2. The zero-order chi connectivity index (χ0) is 20.5. The Bertz CT molecular complexity index is 1180. The Morgan fingerprint density at radius 3 is 3.10 bits per heavy atom. The van der Waals surface area contributed by atoms with Gasteiger partial charge >= 0.3 is 0 Å². The molecule has 1 aromatic carbocycles. The zero-order valence-electron chi connectivity index (χ0n) is 16.6. The zero-order valence-corrected chi connectivity index (χ0v) is 17.5. The lowest BCUT2D eigenvalue weighted by Crippen LogP contribution is -2.36. The molecular formula is C22H23N5O2S. The van der Waals surface area contributed by atoms with Crippen molar-refractivity contribution in [3.63, 3.8) is 0 Å². The third kappa shape index (κ3) is 3.88. The fourth-order valence-corrected chi connectivity index (χ4v) is 4.46. The number of thiazole rings is 1. The van der Waals surface area contributed by atoms with Crippen LogP contribution in [0.15, 0.2) is 35.8 Å². The molecule has 1 amide bonds. The Morgan fingerprint density at radius 1 is 1.37 bits per heavy atom. The van der Waals surface area contributed by atoms with E-state index >= 15 is 0 Å². The molecule has 3 heterocycles. The molecule has 1 fully saturated rings. The van der Waals surface area contributed by atoms with Crippen LogP contribution in [0, 0.1) is 5.92 Å². The van der Waals surface area contributed by atoms with Crippen molar-refractivity contribution in [2.45, 2.75) is 25.9 Å². The molecule has 0 radical (unpaired) electrons. The molecule has 2 unspecified atom stereocenters. The van der Waals surface area contributed by atoms with Crippen molar-refractivity contribution < 1.29 is 9.53 Å². The first-order valence-corrected chi connectivity index (χ1v) is 11.0. The van der Waals surface area contributed by atoms with E-state index in [9.17, 15) is 4.79 Å². The first kappa shape index (κ1) is 19.0. The van der Waals surface area contributed by atoms with E-state index in [1.807, 2.05) is 29.6 Å². The van der Waals surface area contributed by atoms with Crippen molar-refractivity contribution in [2.75, 3.05) is 18.4 Å². The third-order valence-electron chi connectivity index (χ3n) is 5.35. The van der Waals surface area contributed by atoms with Gasteiger partial charge in [-0.25, -0.2) is 9.97 Å². The molecular weight excluding hydrogens is 398 g/mol. The van der Waals surface area contributed by atoms with Crippen LogP contribution in [0.2, 0.25) is 0 Å². The minimum absolute atomic E-state index is 0.144. The second-order valence-corrected chi connectivity index (χ2v) is 8.62. The number of ether oxygens (including phenoxy) is 1. The van der Waals surface area contributed by atoms with Crippen LogP contribution < -0.4 is 26.1 Å². The predicted octanol–water partition coefficient (Wildman–Crippen LogP) is 1.88. The number of anilines is 1. The summed E-state index contributed by atoms with van der Waals surface area (Å²) in [6.45, 7) is 3.97. The number of hydrogen-bond acceptors (Lipinski definition) is 6. The molecule has 154 valence electrons. The van der Waals surface area contributed by atoms with Crippen molar-refractivity contribution >= 4 is 34.0 Å². The standard InChI is InChI=1S/C22H23N5O2S/c1-13-9-17(21(28)27-22-24-7-8-30-22)19-18(10-13)25-20(26-19)14-3-2-4-15(11-14)29-16-5-6-23-12-16/h2-4,7-8,10-11,13,16,23H,5-6,9,12H2,1H3,(H,25,26)(H,24,27,28). The Morgan fingerprint density at radius 2 is 2.30 bits per heavy atom. The molecule has 7 nitrogen and oxygen atoms in total. The van der Waals surface area contributed by atoms with Gasteiger partial charge in [0.25, 0.3) is 5.91 Å². The van der Waals surface area contributed by atoms with E-state index in [2.05, 4.69) is 33.6 Å². The van der Waals surface area contributed by atoms with Crippen LogP contribution in [0.3, 0.4) is 0 Å². The maximum absolute atomic E-state index is 12.9. The number of benzene rings is 1. The molecule has 3 N–H and O–H groups in total. The predicted molar refractivity (Wildman–Crippen MR) is 118 cm³/mol. The summed E-state index contributed by atoms with van der Waals surface area (Å²) in [5.41, 5.74) is 1.62. The van der Waals surface area contributed by atoms with Crippen molar-refractivity contribution in [3.8, 4) is 17.1 Å².